The van der Waals surface area contributed by atoms with Crippen LogP contribution in [0.4, 0.5) is 10.1 Å². The third-order valence-corrected chi connectivity index (χ3v) is 1.52. The highest BCUT2D eigenvalue weighted by atomic mass is 19.1. The Morgan fingerprint density at radius 2 is 2.46 bits per heavy atom. The molecule has 1 aromatic heterocycles. The fraction of sp³-hybridized carbons (Fsp3) is 0. The molecule has 0 fully saturated rings. The third-order valence-electron chi connectivity index (χ3n) is 1.52. The van der Waals surface area contributed by atoms with Crippen LogP contribution in [0.25, 0.3) is 0 Å². The van der Waals surface area contributed by atoms with Crippen molar-refractivity contribution in [3.05, 3.63) is 41.9 Å². The largest absolute Gasteiger partial charge is 0.617 e. The Balaban J connectivity index is 2.26. The number of hydrogen-bond donors (Lipinski definition) is 1. The van der Waals surface area contributed by atoms with Crippen molar-refractivity contribution in [3.8, 4) is 0 Å². The van der Waals surface area contributed by atoms with Gasteiger partial charge in [0.05, 0.1) is 12.3 Å². The predicted octanol–water partition coefficient (Wildman–Crippen LogP) is 0.187. The summed E-state index contributed by atoms with van der Waals surface area (Å²) in [4.78, 5) is 4.90. The average molecular weight is 183 g/mol. The molecule has 0 spiro atoms. The number of pyridine rings is 1. The standard InChI is InChI=1S/C7H6FN3O2/c8-7-5-6(1-3-10(7)12)11-9-2-4-13-11/h1-5,9H. The summed E-state index contributed by atoms with van der Waals surface area (Å²) >= 11 is 0. The van der Waals surface area contributed by atoms with E-state index >= 15 is 0 Å². The molecule has 1 aromatic rings. The zero-order chi connectivity index (χ0) is 9.26. The van der Waals surface area contributed by atoms with Crippen LogP contribution in [0.5, 0.6) is 0 Å². The van der Waals surface area contributed by atoms with Crippen LogP contribution < -0.4 is 15.3 Å². The maximum Gasteiger partial charge on any atom is 0.373 e. The van der Waals surface area contributed by atoms with Crippen LogP contribution in [0.2, 0.25) is 0 Å². The van der Waals surface area contributed by atoms with Gasteiger partial charge in [0.1, 0.15) is 11.9 Å². The second-order valence-corrected chi connectivity index (χ2v) is 2.37. The molecule has 0 atom stereocenters. The fourth-order valence-corrected chi connectivity index (χ4v) is 0.931. The Morgan fingerprint density at radius 1 is 1.62 bits per heavy atom. The molecule has 0 aliphatic carbocycles. The Labute approximate surface area is 73.2 Å². The highest BCUT2D eigenvalue weighted by molar-refractivity contribution is 5.41. The second kappa shape index (κ2) is 2.81. The van der Waals surface area contributed by atoms with Gasteiger partial charge < -0.3 is 10.0 Å². The number of halogens is 1. The summed E-state index contributed by atoms with van der Waals surface area (Å²) < 4.78 is 12.9. The molecule has 2 rings (SSSR count). The second-order valence-electron chi connectivity index (χ2n) is 2.37. The van der Waals surface area contributed by atoms with Gasteiger partial charge in [-0.15, -0.1) is 14.3 Å². The highest BCUT2D eigenvalue weighted by Gasteiger charge is 2.13. The molecule has 68 valence electrons. The minimum atomic E-state index is -0.880. The molecule has 0 unspecified atom stereocenters. The quantitative estimate of drug-likeness (QED) is 0.383. The van der Waals surface area contributed by atoms with Gasteiger partial charge in [-0.25, -0.2) is 0 Å². The van der Waals surface area contributed by atoms with Crippen LogP contribution in [0.15, 0.2) is 30.8 Å². The highest BCUT2D eigenvalue weighted by Crippen LogP contribution is 2.13. The van der Waals surface area contributed by atoms with Crippen LogP contribution in [0.3, 0.4) is 0 Å². The lowest BCUT2D eigenvalue weighted by Crippen LogP contribution is -2.33. The van der Waals surface area contributed by atoms with Gasteiger partial charge in [0.15, 0.2) is 6.20 Å². The van der Waals surface area contributed by atoms with E-state index in [-0.39, 0.29) is 4.73 Å². The van der Waals surface area contributed by atoms with Gasteiger partial charge in [-0.2, -0.15) is 0 Å². The lowest BCUT2D eigenvalue weighted by Gasteiger charge is -2.15. The zero-order valence-corrected chi connectivity index (χ0v) is 6.48. The number of nitrogens with one attached hydrogen (secondary N) is 1. The van der Waals surface area contributed by atoms with E-state index in [9.17, 15) is 9.60 Å². The molecular weight excluding hydrogens is 177 g/mol. The normalized spacial score (nSPS) is 14.1. The van der Waals surface area contributed by atoms with Gasteiger partial charge >= 0.3 is 5.95 Å². The number of hydrogen-bond acceptors (Lipinski definition) is 4. The number of nitrogens with zero attached hydrogens (tertiary/aromatic N) is 2. The lowest BCUT2D eigenvalue weighted by molar-refractivity contribution is -0.637. The van der Waals surface area contributed by atoms with Gasteiger partial charge in [0.2, 0.25) is 0 Å². The summed E-state index contributed by atoms with van der Waals surface area (Å²) in [5, 5.41) is 11.9. The lowest BCUT2D eigenvalue weighted by atomic mass is 10.4. The van der Waals surface area contributed by atoms with E-state index in [2.05, 4.69) is 5.43 Å². The molecule has 0 saturated carbocycles. The van der Waals surface area contributed by atoms with E-state index in [0.717, 1.165) is 12.3 Å². The molecule has 0 saturated heterocycles. The first-order valence-electron chi connectivity index (χ1n) is 3.54. The Hall–Kier alpha value is -1.98. The molecule has 0 amide bonds. The van der Waals surface area contributed by atoms with Crippen molar-refractivity contribution < 1.29 is 14.0 Å². The first kappa shape index (κ1) is 7.66. The Bertz CT molecular complexity index is 348. The molecule has 0 radical (unpaired) electrons. The van der Waals surface area contributed by atoms with Crippen molar-refractivity contribution in [2.24, 2.45) is 0 Å². The summed E-state index contributed by atoms with van der Waals surface area (Å²) in [6.45, 7) is 0. The number of hydrazine groups is 1. The number of aromatic nitrogens is 1. The van der Waals surface area contributed by atoms with E-state index in [1.807, 2.05) is 0 Å². The third kappa shape index (κ3) is 1.33. The van der Waals surface area contributed by atoms with Crippen molar-refractivity contribution in [2.75, 3.05) is 5.17 Å². The fourth-order valence-electron chi connectivity index (χ4n) is 0.931. The summed E-state index contributed by atoms with van der Waals surface area (Å²) in [6.07, 6.45) is 4.00. The minimum Gasteiger partial charge on any atom is -0.617 e. The molecular formula is C7H6FN3O2. The summed E-state index contributed by atoms with van der Waals surface area (Å²) in [5.41, 5.74) is 3.08. The van der Waals surface area contributed by atoms with Crippen molar-refractivity contribution in [3.63, 3.8) is 0 Å². The van der Waals surface area contributed by atoms with E-state index < -0.39 is 5.95 Å². The van der Waals surface area contributed by atoms with Gasteiger partial charge in [-0.3, -0.25) is 5.43 Å². The molecule has 1 N–H and O–H groups in total. The van der Waals surface area contributed by atoms with Crippen LogP contribution in [0, 0.1) is 11.2 Å². The van der Waals surface area contributed by atoms with Gasteiger partial charge in [-0.05, 0) is 0 Å². The monoisotopic (exact) mass is 183 g/mol. The average Bonchev–Trinajstić information content (AvgIpc) is 2.62. The summed E-state index contributed by atoms with van der Waals surface area (Å²) in [5.74, 6) is -0.880. The van der Waals surface area contributed by atoms with E-state index in [0.29, 0.717) is 5.69 Å². The van der Waals surface area contributed by atoms with Crippen LogP contribution in [-0.2, 0) is 4.84 Å². The molecule has 13 heavy (non-hydrogen) atoms. The molecule has 1 aliphatic heterocycles. The SMILES string of the molecule is [O-][n+]1ccc(N2NC=CO2)cc1F. The first-order valence-corrected chi connectivity index (χ1v) is 3.54. The maximum atomic E-state index is 12.8. The predicted molar refractivity (Wildman–Crippen MR) is 41.2 cm³/mol. The van der Waals surface area contributed by atoms with Gasteiger partial charge in [0, 0.05) is 6.07 Å². The zero-order valence-electron chi connectivity index (χ0n) is 6.48. The van der Waals surface area contributed by atoms with Crippen LogP contribution >= 0.6 is 0 Å². The Kier molecular flexibility index (Phi) is 1.66. The minimum absolute atomic E-state index is 0.132. The van der Waals surface area contributed by atoms with Crippen molar-refractivity contribution in [1.82, 2.24) is 5.43 Å². The molecule has 1 aliphatic rings. The van der Waals surface area contributed by atoms with E-state index in [1.54, 1.807) is 0 Å². The smallest absolute Gasteiger partial charge is 0.373 e. The van der Waals surface area contributed by atoms with Gasteiger partial charge in [-0.1, -0.05) is 0 Å². The summed E-state index contributed by atoms with van der Waals surface area (Å²) in [6, 6.07) is 2.49. The first-order chi connectivity index (χ1) is 6.27. The van der Waals surface area contributed by atoms with Crippen molar-refractivity contribution in [2.45, 2.75) is 0 Å². The number of rotatable bonds is 1. The van der Waals surface area contributed by atoms with Gasteiger partial charge in [0.25, 0.3) is 0 Å². The van der Waals surface area contributed by atoms with Crippen LogP contribution in [0.1, 0.15) is 0 Å². The molecule has 5 nitrogen and oxygen atoms in total. The number of anilines is 1. The van der Waals surface area contributed by atoms with Crippen molar-refractivity contribution >= 4 is 5.69 Å². The Morgan fingerprint density at radius 3 is 3.08 bits per heavy atom. The molecule has 6 heteroatoms. The molecule has 2 heterocycles. The van der Waals surface area contributed by atoms with E-state index in [4.69, 9.17) is 4.84 Å². The molecule has 0 aromatic carbocycles. The topological polar surface area (TPSA) is 51.4 Å². The molecule has 0 bridgehead atoms. The van der Waals surface area contributed by atoms with Crippen molar-refractivity contribution in [1.29, 1.82) is 0 Å². The summed E-state index contributed by atoms with van der Waals surface area (Å²) in [7, 11) is 0. The maximum absolute atomic E-state index is 12.8. The van der Waals surface area contributed by atoms with E-state index in [1.165, 1.54) is 23.7 Å². The van der Waals surface area contributed by atoms with Crippen LogP contribution in [-0.4, -0.2) is 0 Å².